The number of pyridine rings is 2. The Morgan fingerprint density at radius 3 is 2.83 bits per heavy atom. The third-order valence-electron chi connectivity index (χ3n) is 5.94. The number of anilines is 2. The Bertz CT molecular complexity index is 1120. The number of rotatable bonds is 4. The van der Waals surface area contributed by atoms with E-state index in [1.54, 1.807) is 18.3 Å². The molecular formula is C22H24N6OS. The van der Waals surface area contributed by atoms with Crippen molar-refractivity contribution < 1.29 is 4.79 Å². The highest BCUT2D eigenvalue weighted by Crippen LogP contribution is 2.37. The number of amides is 1. The lowest BCUT2D eigenvalue weighted by molar-refractivity contribution is -0.128. The molecule has 1 aliphatic heterocycles. The van der Waals surface area contributed by atoms with E-state index in [-0.39, 0.29) is 5.91 Å². The SMILES string of the molecule is CC(=O)N1CC=C(c2cnc3ccc(Nc4nnc(C5CCCC5)s4)nc3c2)CC1. The molecule has 1 N–H and O–H groups in total. The number of aromatic nitrogens is 4. The number of hydrogen-bond acceptors (Lipinski definition) is 7. The minimum Gasteiger partial charge on any atom is -0.339 e. The molecule has 1 saturated carbocycles. The summed E-state index contributed by atoms with van der Waals surface area (Å²) in [5, 5.41) is 13.9. The molecule has 1 amide bonds. The molecule has 1 fully saturated rings. The fourth-order valence-corrected chi connectivity index (χ4v) is 5.12. The van der Waals surface area contributed by atoms with E-state index in [4.69, 9.17) is 4.98 Å². The number of carbonyl (C=O) groups is 1. The molecular weight excluding hydrogens is 396 g/mol. The first-order valence-corrected chi connectivity index (χ1v) is 11.3. The molecule has 7 nitrogen and oxygen atoms in total. The summed E-state index contributed by atoms with van der Waals surface area (Å²) < 4.78 is 0. The van der Waals surface area contributed by atoms with Crippen molar-refractivity contribution in [1.82, 2.24) is 25.1 Å². The lowest BCUT2D eigenvalue weighted by atomic mass is 10.0. The second-order valence-electron chi connectivity index (χ2n) is 7.95. The lowest BCUT2D eigenvalue weighted by Crippen LogP contribution is -2.32. The molecule has 0 radical (unpaired) electrons. The van der Waals surface area contributed by atoms with E-state index in [1.807, 2.05) is 23.2 Å². The summed E-state index contributed by atoms with van der Waals surface area (Å²) in [4.78, 5) is 22.7. The highest BCUT2D eigenvalue weighted by Gasteiger charge is 2.21. The van der Waals surface area contributed by atoms with Gasteiger partial charge in [0.2, 0.25) is 11.0 Å². The molecule has 0 atom stereocenters. The summed E-state index contributed by atoms with van der Waals surface area (Å²) in [6, 6.07) is 5.98. The van der Waals surface area contributed by atoms with E-state index in [0.717, 1.165) is 45.5 Å². The van der Waals surface area contributed by atoms with Crippen molar-refractivity contribution in [3.8, 4) is 0 Å². The number of carbonyl (C=O) groups excluding carboxylic acids is 1. The lowest BCUT2D eigenvalue weighted by Gasteiger charge is -2.25. The maximum Gasteiger partial charge on any atom is 0.219 e. The quantitative estimate of drug-likeness (QED) is 0.668. The van der Waals surface area contributed by atoms with Crippen molar-refractivity contribution in [3.63, 3.8) is 0 Å². The second kappa shape index (κ2) is 8.10. The van der Waals surface area contributed by atoms with Gasteiger partial charge < -0.3 is 10.2 Å². The topological polar surface area (TPSA) is 83.9 Å². The molecule has 30 heavy (non-hydrogen) atoms. The molecule has 4 heterocycles. The normalized spacial score (nSPS) is 17.4. The average Bonchev–Trinajstić information content (AvgIpc) is 3.45. The zero-order chi connectivity index (χ0) is 20.5. The molecule has 2 aliphatic rings. The maximum atomic E-state index is 11.5. The smallest absolute Gasteiger partial charge is 0.219 e. The van der Waals surface area contributed by atoms with Crippen LogP contribution >= 0.6 is 11.3 Å². The van der Waals surface area contributed by atoms with Gasteiger partial charge in [-0.25, -0.2) is 4.98 Å². The Kier molecular flexibility index (Phi) is 5.16. The zero-order valence-corrected chi connectivity index (χ0v) is 17.8. The molecule has 8 heteroatoms. The summed E-state index contributed by atoms with van der Waals surface area (Å²) >= 11 is 1.63. The Labute approximate surface area is 179 Å². The van der Waals surface area contributed by atoms with Gasteiger partial charge in [0, 0.05) is 32.1 Å². The molecule has 0 spiro atoms. The van der Waals surface area contributed by atoms with Gasteiger partial charge in [0.15, 0.2) is 0 Å². The third kappa shape index (κ3) is 3.92. The highest BCUT2D eigenvalue weighted by atomic mass is 32.1. The molecule has 3 aromatic heterocycles. The van der Waals surface area contributed by atoms with Crippen molar-refractivity contribution in [2.24, 2.45) is 0 Å². The van der Waals surface area contributed by atoms with Crippen LogP contribution in [-0.4, -0.2) is 44.1 Å². The van der Waals surface area contributed by atoms with Crippen LogP contribution in [0.4, 0.5) is 10.9 Å². The molecule has 0 unspecified atom stereocenters. The summed E-state index contributed by atoms with van der Waals surface area (Å²) in [5.41, 5.74) is 3.98. The average molecular weight is 421 g/mol. The van der Waals surface area contributed by atoms with Crippen molar-refractivity contribution in [2.45, 2.75) is 44.9 Å². The monoisotopic (exact) mass is 420 g/mol. The minimum atomic E-state index is 0.118. The minimum absolute atomic E-state index is 0.118. The van der Waals surface area contributed by atoms with Crippen LogP contribution in [0.25, 0.3) is 16.6 Å². The van der Waals surface area contributed by atoms with E-state index < -0.39 is 0 Å². The van der Waals surface area contributed by atoms with Gasteiger partial charge in [0.05, 0.1) is 11.0 Å². The van der Waals surface area contributed by atoms with Crippen LogP contribution in [-0.2, 0) is 4.79 Å². The van der Waals surface area contributed by atoms with Gasteiger partial charge in [-0.2, -0.15) is 0 Å². The van der Waals surface area contributed by atoms with Gasteiger partial charge in [0.1, 0.15) is 10.8 Å². The second-order valence-corrected chi connectivity index (χ2v) is 8.96. The van der Waals surface area contributed by atoms with Crippen LogP contribution in [0, 0.1) is 0 Å². The van der Waals surface area contributed by atoms with Gasteiger partial charge >= 0.3 is 0 Å². The van der Waals surface area contributed by atoms with Crippen molar-refractivity contribution in [3.05, 3.63) is 41.0 Å². The zero-order valence-electron chi connectivity index (χ0n) is 17.0. The van der Waals surface area contributed by atoms with Crippen LogP contribution in [0.2, 0.25) is 0 Å². The molecule has 1 aliphatic carbocycles. The van der Waals surface area contributed by atoms with Gasteiger partial charge in [-0.15, -0.1) is 10.2 Å². The van der Waals surface area contributed by atoms with E-state index >= 15 is 0 Å². The summed E-state index contributed by atoms with van der Waals surface area (Å²) in [6.45, 7) is 3.01. The molecule has 0 bridgehead atoms. The molecule has 3 aromatic rings. The number of fused-ring (bicyclic) bond motifs is 1. The number of nitrogens with zero attached hydrogens (tertiary/aromatic N) is 5. The fraction of sp³-hybridized carbons (Fsp3) is 0.409. The van der Waals surface area contributed by atoms with Gasteiger partial charge in [-0.3, -0.25) is 9.78 Å². The molecule has 0 aromatic carbocycles. The first-order chi connectivity index (χ1) is 14.7. The summed E-state index contributed by atoms with van der Waals surface area (Å²) in [7, 11) is 0. The van der Waals surface area contributed by atoms with Crippen LogP contribution in [0.3, 0.4) is 0 Å². The van der Waals surface area contributed by atoms with E-state index in [9.17, 15) is 4.79 Å². The molecule has 0 saturated heterocycles. The van der Waals surface area contributed by atoms with Crippen LogP contribution < -0.4 is 5.32 Å². The number of hydrogen-bond donors (Lipinski definition) is 1. The third-order valence-corrected chi connectivity index (χ3v) is 6.94. The van der Waals surface area contributed by atoms with Crippen LogP contribution in [0.5, 0.6) is 0 Å². The van der Waals surface area contributed by atoms with Gasteiger partial charge in [-0.05, 0) is 48.6 Å². The first kappa shape index (κ1) is 19.1. The predicted molar refractivity (Wildman–Crippen MR) is 119 cm³/mol. The van der Waals surface area contributed by atoms with Crippen molar-refractivity contribution in [1.29, 1.82) is 0 Å². The Morgan fingerprint density at radius 2 is 2.07 bits per heavy atom. The summed E-state index contributed by atoms with van der Waals surface area (Å²) in [6.07, 6.45) is 9.86. The largest absolute Gasteiger partial charge is 0.339 e. The Balaban J connectivity index is 1.35. The molecule has 5 rings (SSSR count). The predicted octanol–water partition coefficient (Wildman–Crippen LogP) is 4.52. The Morgan fingerprint density at radius 1 is 1.20 bits per heavy atom. The standard InChI is InChI=1S/C22H24N6OS/c1-14(29)28-10-8-15(9-11-28)17-12-19-18(23-13-17)6-7-20(24-19)25-22-27-26-21(30-22)16-4-2-3-5-16/h6-8,12-13,16H,2-5,9-11H2,1H3,(H,24,25,27). The van der Waals surface area contributed by atoms with Gasteiger partial charge in [0.25, 0.3) is 0 Å². The molecule has 154 valence electrons. The van der Waals surface area contributed by atoms with Crippen molar-refractivity contribution >= 4 is 44.8 Å². The highest BCUT2D eigenvalue weighted by molar-refractivity contribution is 7.15. The van der Waals surface area contributed by atoms with Crippen molar-refractivity contribution in [2.75, 3.05) is 18.4 Å². The van der Waals surface area contributed by atoms with Gasteiger partial charge in [-0.1, -0.05) is 30.3 Å². The van der Waals surface area contributed by atoms with Crippen LogP contribution in [0.1, 0.15) is 55.5 Å². The number of nitrogens with one attached hydrogen (secondary N) is 1. The maximum absolute atomic E-state index is 11.5. The Hall–Kier alpha value is -2.87. The fourth-order valence-electron chi connectivity index (χ4n) is 4.20. The first-order valence-electron chi connectivity index (χ1n) is 10.5. The van der Waals surface area contributed by atoms with E-state index in [1.165, 1.54) is 31.3 Å². The van der Waals surface area contributed by atoms with E-state index in [0.29, 0.717) is 12.5 Å². The van der Waals surface area contributed by atoms with E-state index in [2.05, 4.69) is 32.6 Å². The van der Waals surface area contributed by atoms with Crippen LogP contribution in [0.15, 0.2) is 30.5 Å². The summed E-state index contributed by atoms with van der Waals surface area (Å²) in [5.74, 6) is 1.43.